The van der Waals surface area contributed by atoms with Gasteiger partial charge in [-0.25, -0.2) is 0 Å². The van der Waals surface area contributed by atoms with E-state index in [-0.39, 0.29) is 5.50 Å². The molecular formula is C12H23ClN2. The summed E-state index contributed by atoms with van der Waals surface area (Å²) in [7, 11) is 0. The Hall–Kier alpha value is 0.210. The lowest BCUT2D eigenvalue weighted by Crippen LogP contribution is -2.38. The standard InChI is InChI=1S/C12H23ClN2/c13-12-5-4-11(10-14-12)6-9-15-7-2-1-3-8-15/h11-12,14H,1-10H2. The van der Waals surface area contributed by atoms with Gasteiger partial charge in [0.25, 0.3) is 0 Å². The maximum Gasteiger partial charge on any atom is 0.0825 e. The minimum atomic E-state index is 0.233. The average Bonchev–Trinajstić information content (AvgIpc) is 2.30. The van der Waals surface area contributed by atoms with Gasteiger partial charge in [-0.15, -0.1) is 11.6 Å². The summed E-state index contributed by atoms with van der Waals surface area (Å²) in [5.41, 5.74) is 0.233. The van der Waals surface area contributed by atoms with Gasteiger partial charge in [-0.05, 0) is 64.2 Å². The van der Waals surface area contributed by atoms with Crippen LogP contribution in [0, 0.1) is 5.92 Å². The maximum atomic E-state index is 6.01. The van der Waals surface area contributed by atoms with Crippen LogP contribution in [0.2, 0.25) is 0 Å². The van der Waals surface area contributed by atoms with Crippen molar-refractivity contribution >= 4 is 11.6 Å². The van der Waals surface area contributed by atoms with Crippen molar-refractivity contribution in [3.63, 3.8) is 0 Å². The third-order valence-corrected chi connectivity index (χ3v) is 4.13. The molecule has 0 aliphatic carbocycles. The van der Waals surface area contributed by atoms with Gasteiger partial charge in [0.05, 0.1) is 5.50 Å². The predicted molar refractivity (Wildman–Crippen MR) is 65.3 cm³/mol. The summed E-state index contributed by atoms with van der Waals surface area (Å²) in [5, 5.41) is 3.37. The van der Waals surface area contributed by atoms with Gasteiger partial charge in [-0.3, -0.25) is 0 Å². The molecule has 2 saturated heterocycles. The van der Waals surface area contributed by atoms with Crippen LogP contribution in [0.5, 0.6) is 0 Å². The fourth-order valence-electron chi connectivity index (χ4n) is 2.68. The molecule has 2 aliphatic heterocycles. The Kier molecular flexibility index (Phi) is 4.73. The zero-order chi connectivity index (χ0) is 10.5. The summed E-state index contributed by atoms with van der Waals surface area (Å²) >= 11 is 6.01. The van der Waals surface area contributed by atoms with Gasteiger partial charge in [0.15, 0.2) is 0 Å². The monoisotopic (exact) mass is 230 g/mol. The first-order chi connectivity index (χ1) is 7.34. The number of alkyl halides is 1. The molecule has 2 aliphatic rings. The summed E-state index contributed by atoms with van der Waals surface area (Å²) in [6.07, 6.45) is 8.08. The average molecular weight is 231 g/mol. The maximum absolute atomic E-state index is 6.01. The Morgan fingerprint density at radius 3 is 2.60 bits per heavy atom. The Morgan fingerprint density at radius 2 is 1.93 bits per heavy atom. The van der Waals surface area contributed by atoms with Crippen LogP contribution in [0.15, 0.2) is 0 Å². The second-order valence-corrected chi connectivity index (χ2v) is 5.54. The number of piperidine rings is 2. The number of rotatable bonds is 3. The van der Waals surface area contributed by atoms with E-state index in [1.165, 1.54) is 51.7 Å². The summed E-state index contributed by atoms with van der Waals surface area (Å²) in [6.45, 7) is 5.10. The molecule has 0 amide bonds. The van der Waals surface area contributed by atoms with Crippen molar-refractivity contribution in [3.8, 4) is 0 Å². The van der Waals surface area contributed by atoms with Crippen LogP contribution in [0.25, 0.3) is 0 Å². The first kappa shape index (κ1) is 11.7. The second-order valence-electron chi connectivity index (χ2n) is 5.01. The molecule has 15 heavy (non-hydrogen) atoms. The van der Waals surface area contributed by atoms with E-state index in [0.717, 1.165) is 18.9 Å². The van der Waals surface area contributed by atoms with Crippen LogP contribution in [0.3, 0.4) is 0 Å². The highest BCUT2D eigenvalue weighted by molar-refractivity contribution is 6.20. The third kappa shape index (κ3) is 3.93. The van der Waals surface area contributed by atoms with Crippen molar-refractivity contribution in [1.29, 1.82) is 0 Å². The van der Waals surface area contributed by atoms with E-state index in [0.29, 0.717) is 0 Å². The van der Waals surface area contributed by atoms with Crippen molar-refractivity contribution in [2.24, 2.45) is 5.92 Å². The fraction of sp³-hybridized carbons (Fsp3) is 1.00. The Bertz CT molecular complexity index is 172. The lowest BCUT2D eigenvalue weighted by atomic mass is 9.95. The normalized spacial score (nSPS) is 34.2. The molecule has 2 heterocycles. The van der Waals surface area contributed by atoms with E-state index in [9.17, 15) is 0 Å². The van der Waals surface area contributed by atoms with Gasteiger partial charge < -0.3 is 10.2 Å². The molecule has 88 valence electrons. The molecule has 3 heteroatoms. The molecule has 0 saturated carbocycles. The third-order valence-electron chi connectivity index (χ3n) is 3.76. The first-order valence-corrected chi connectivity index (χ1v) is 6.88. The Morgan fingerprint density at radius 1 is 1.13 bits per heavy atom. The number of nitrogens with one attached hydrogen (secondary N) is 1. The second kappa shape index (κ2) is 6.07. The summed E-state index contributed by atoms with van der Waals surface area (Å²) in [5.74, 6) is 0.863. The summed E-state index contributed by atoms with van der Waals surface area (Å²) in [4.78, 5) is 2.64. The molecule has 0 aromatic heterocycles. The lowest BCUT2D eigenvalue weighted by molar-refractivity contribution is 0.203. The Labute approximate surface area is 98.4 Å². The molecule has 0 radical (unpaired) electrons. The van der Waals surface area contributed by atoms with Crippen molar-refractivity contribution < 1.29 is 0 Å². The zero-order valence-corrected chi connectivity index (χ0v) is 10.3. The van der Waals surface area contributed by atoms with E-state index in [2.05, 4.69) is 10.2 Å². The van der Waals surface area contributed by atoms with Crippen LogP contribution in [-0.2, 0) is 0 Å². The topological polar surface area (TPSA) is 15.3 Å². The molecule has 2 fully saturated rings. The molecular weight excluding hydrogens is 208 g/mol. The van der Waals surface area contributed by atoms with Crippen LogP contribution in [-0.4, -0.2) is 36.6 Å². The van der Waals surface area contributed by atoms with Crippen LogP contribution in [0.1, 0.15) is 38.5 Å². The smallest absolute Gasteiger partial charge is 0.0825 e. The van der Waals surface area contributed by atoms with Crippen LogP contribution >= 0.6 is 11.6 Å². The highest BCUT2D eigenvalue weighted by atomic mass is 35.5. The Balaban J connectivity index is 1.60. The van der Waals surface area contributed by atoms with E-state index >= 15 is 0 Å². The van der Waals surface area contributed by atoms with E-state index < -0.39 is 0 Å². The molecule has 2 atom stereocenters. The number of hydrogen-bond donors (Lipinski definition) is 1. The number of nitrogens with zero attached hydrogens (tertiary/aromatic N) is 1. The quantitative estimate of drug-likeness (QED) is 0.592. The molecule has 1 N–H and O–H groups in total. The molecule has 0 spiro atoms. The molecule has 0 aromatic carbocycles. The number of halogens is 1. The number of hydrogen-bond acceptors (Lipinski definition) is 2. The van der Waals surface area contributed by atoms with Crippen LogP contribution in [0.4, 0.5) is 0 Å². The van der Waals surface area contributed by atoms with Crippen molar-refractivity contribution in [3.05, 3.63) is 0 Å². The van der Waals surface area contributed by atoms with Gasteiger partial charge in [0.2, 0.25) is 0 Å². The molecule has 2 nitrogen and oxygen atoms in total. The molecule has 0 aromatic rings. The SMILES string of the molecule is ClC1CCC(CCN2CCCCC2)CN1. The van der Waals surface area contributed by atoms with Gasteiger partial charge in [0, 0.05) is 0 Å². The minimum Gasteiger partial charge on any atom is -0.303 e. The minimum absolute atomic E-state index is 0.233. The van der Waals surface area contributed by atoms with Crippen LogP contribution < -0.4 is 5.32 Å². The molecule has 0 bridgehead atoms. The number of likely N-dealkylation sites (tertiary alicyclic amines) is 1. The first-order valence-electron chi connectivity index (χ1n) is 6.44. The largest absolute Gasteiger partial charge is 0.303 e. The van der Waals surface area contributed by atoms with Crippen molar-refractivity contribution in [2.45, 2.75) is 44.0 Å². The van der Waals surface area contributed by atoms with E-state index in [4.69, 9.17) is 11.6 Å². The summed E-state index contributed by atoms with van der Waals surface area (Å²) < 4.78 is 0. The van der Waals surface area contributed by atoms with Gasteiger partial charge >= 0.3 is 0 Å². The summed E-state index contributed by atoms with van der Waals surface area (Å²) in [6, 6.07) is 0. The highest BCUT2D eigenvalue weighted by Crippen LogP contribution is 2.20. The molecule has 2 rings (SSSR count). The van der Waals surface area contributed by atoms with Gasteiger partial charge in [-0.1, -0.05) is 6.42 Å². The predicted octanol–water partition coefficient (Wildman–Crippen LogP) is 2.43. The zero-order valence-electron chi connectivity index (χ0n) is 9.55. The van der Waals surface area contributed by atoms with Crippen molar-refractivity contribution in [2.75, 3.05) is 26.2 Å². The molecule has 2 unspecified atom stereocenters. The van der Waals surface area contributed by atoms with Gasteiger partial charge in [0.1, 0.15) is 0 Å². The van der Waals surface area contributed by atoms with Gasteiger partial charge in [-0.2, -0.15) is 0 Å². The highest BCUT2D eigenvalue weighted by Gasteiger charge is 2.19. The van der Waals surface area contributed by atoms with E-state index in [1.807, 2.05) is 0 Å². The van der Waals surface area contributed by atoms with Crippen molar-refractivity contribution in [1.82, 2.24) is 10.2 Å². The fourth-order valence-corrected chi connectivity index (χ4v) is 2.89. The van der Waals surface area contributed by atoms with E-state index in [1.54, 1.807) is 0 Å². The lowest BCUT2D eigenvalue weighted by Gasteiger charge is -2.31.